The van der Waals surface area contributed by atoms with E-state index in [9.17, 15) is 14.5 Å². The molecule has 0 bridgehead atoms. The number of aromatic nitrogens is 2. The van der Waals surface area contributed by atoms with Gasteiger partial charge < -0.3 is 10.1 Å². The van der Waals surface area contributed by atoms with Gasteiger partial charge >= 0.3 is 5.82 Å². The Balaban J connectivity index is 2.84. The Hall–Kier alpha value is -1.50. The topological polar surface area (TPSA) is 60.4 Å². The summed E-state index contributed by atoms with van der Waals surface area (Å²) in [4.78, 5) is 13.6. The monoisotopic (exact) mass is 259 g/mol. The maximum absolute atomic E-state index is 12.8. The highest BCUT2D eigenvalue weighted by Gasteiger charge is 2.20. The Bertz CT molecular complexity index is 525. The van der Waals surface area contributed by atoms with E-state index in [0.717, 1.165) is 12.3 Å². The van der Waals surface area contributed by atoms with Crippen LogP contribution in [0.3, 0.4) is 0 Å². The first-order valence-electron chi connectivity index (χ1n) is 3.57. The molecular weight excluding hydrogens is 257 g/mol. The first kappa shape index (κ1) is 9.07. The second-order valence-electron chi connectivity index (χ2n) is 2.56. The first-order chi connectivity index (χ1) is 6.59. The summed E-state index contributed by atoms with van der Waals surface area (Å²) in [5.74, 6) is -0.776. The van der Waals surface area contributed by atoms with Gasteiger partial charge in [-0.2, -0.15) is 0 Å². The van der Waals surface area contributed by atoms with E-state index in [4.69, 9.17) is 0 Å². The first-order valence-corrected chi connectivity index (χ1v) is 4.36. The third-order valence-electron chi connectivity index (χ3n) is 1.71. The minimum atomic E-state index is -0.613. The predicted octanol–water partition coefficient (Wildman–Crippen LogP) is 2.14. The normalized spacial score (nSPS) is 10.7. The number of nitrogens with zero attached hydrogens (tertiary/aromatic N) is 3. The Labute approximate surface area is 85.5 Å². The van der Waals surface area contributed by atoms with E-state index in [1.54, 1.807) is 0 Å². The minimum absolute atomic E-state index is 0.207. The molecule has 7 heteroatoms. The maximum Gasteiger partial charge on any atom is 0.390 e. The molecule has 0 N–H and O–H groups in total. The van der Waals surface area contributed by atoms with E-state index < -0.39 is 10.7 Å². The molecule has 0 amide bonds. The van der Waals surface area contributed by atoms with Crippen LogP contribution in [0, 0.1) is 15.9 Å². The molecule has 0 aliphatic carbocycles. The van der Waals surface area contributed by atoms with E-state index in [2.05, 4.69) is 20.9 Å². The number of pyridine rings is 1. The van der Waals surface area contributed by atoms with Crippen molar-refractivity contribution in [3.05, 3.63) is 39.0 Å². The van der Waals surface area contributed by atoms with Gasteiger partial charge in [-0.3, -0.25) is 4.40 Å². The summed E-state index contributed by atoms with van der Waals surface area (Å²) in [6.07, 6.45) is 1.12. The molecule has 0 radical (unpaired) electrons. The van der Waals surface area contributed by atoms with Crippen molar-refractivity contribution < 1.29 is 9.31 Å². The largest absolute Gasteiger partial charge is 0.390 e. The van der Waals surface area contributed by atoms with Gasteiger partial charge in [-0.1, -0.05) is 0 Å². The van der Waals surface area contributed by atoms with Crippen molar-refractivity contribution in [3.63, 3.8) is 0 Å². The van der Waals surface area contributed by atoms with Gasteiger partial charge in [0.25, 0.3) is 4.73 Å². The quantitative estimate of drug-likeness (QED) is 0.583. The standard InChI is InChI=1S/C7H3BrFN3O2/c8-7-10-6(12(13)14)5-2-1-4(9)3-11(5)7/h1-3H. The summed E-state index contributed by atoms with van der Waals surface area (Å²) < 4.78 is 14.3. The molecule has 0 saturated carbocycles. The zero-order valence-electron chi connectivity index (χ0n) is 6.65. The molecule has 2 heterocycles. The van der Waals surface area contributed by atoms with E-state index in [0.29, 0.717) is 0 Å². The highest BCUT2D eigenvalue weighted by molar-refractivity contribution is 9.10. The van der Waals surface area contributed by atoms with Crippen LogP contribution in [0.5, 0.6) is 0 Å². The lowest BCUT2D eigenvalue weighted by molar-refractivity contribution is -0.387. The van der Waals surface area contributed by atoms with Gasteiger partial charge in [-0.25, -0.2) is 4.39 Å². The van der Waals surface area contributed by atoms with E-state index in [-0.39, 0.29) is 16.1 Å². The van der Waals surface area contributed by atoms with Crippen molar-refractivity contribution in [2.45, 2.75) is 0 Å². The molecule has 0 atom stereocenters. The smallest absolute Gasteiger partial charge is 0.358 e. The van der Waals surface area contributed by atoms with Gasteiger partial charge in [0.05, 0.1) is 0 Å². The van der Waals surface area contributed by atoms with Crippen molar-refractivity contribution in [3.8, 4) is 0 Å². The fraction of sp³-hybridized carbons (Fsp3) is 0. The summed E-state index contributed by atoms with van der Waals surface area (Å²) in [7, 11) is 0. The third kappa shape index (κ3) is 1.25. The van der Waals surface area contributed by atoms with Crippen molar-refractivity contribution in [2.24, 2.45) is 0 Å². The van der Waals surface area contributed by atoms with Crippen LogP contribution >= 0.6 is 15.9 Å². The second kappa shape index (κ2) is 3.02. The van der Waals surface area contributed by atoms with Gasteiger partial charge in [0.2, 0.25) is 0 Å². The van der Waals surface area contributed by atoms with Gasteiger partial charge in [0.1, 0.15) is 11.3 Å². The number of hydrogen-bond donors (Lipinski definition) is 0. The summed E-state index contributed by atoms with van der Waals surface area (Å²) in [5.41, 5.74) is 0.253. The van der Waals surface area contributed by atoms with Crippen molar-refractivity contribution in [1.82, 2.24) is 9.38 Å². The fourth-order valence-corrected chi connectivity index (χ4v) is 1.60. The van der Waals surface area contributed by atoms with E-state index >= 15 is 0 Å². The van der Waals surface area contributed by atoms with Gasteiger partial charge in [-0.15, -0.1) is 0 Å². The van der Waals surface area contributed by atoms with Gasteiger partial charge in [0.15, 0.2) is 0 Å². The summed E-state index contributed by atoms with van der Waals surface area (Å²) >= 11 is 3.00. The van der Waals surface area contributed by atoms with E-state index in [1.165, 1.54) is 10.5 Å². The lowest BCUT2D eigenvalue weighted by Crippen LogP contribution is -1.89. The van der Waals surface area contributed by atoms with Gasteiger partial charge in [-0.05, 0) is 22.0 Å². The van der Waals surface area contributed by atoms with Crippen LogP contribution in [0.15, 0.2) is 23.1 Å². The van der Waals surface area contributed by atoms with Gasteiger partial charge in [0, 0.05) is 22.1 Å². The summed E-state index contributed by atoms with van der Waals surface area (Å²) in [6, 6.07) is 2.46. The van der Waals surface area contributed by atoms with Crippen molar-refractivity contribution in [2.75, 3.05) is 0 Å². The molecule has 0 aliphatic heterocycles. The average Bonchev–Trinajstić information content (AvgIpc) is 2.44. The third-order valence-corrected chi connectivity index (χ3v) is 2.27. The zero-order chi connectivity index (χ0) is 10.3. The lowest BCUT2D eigenvalue weighted by Gasteiger charge is -1.92. The molecule has 14 heavy (non-hydrogen) atoms. The number of rotatable bonds is 1. The molecule has 5 nitrogen and oxygen atoms in total. The molecule has 0 aliphatic rings. The summed E-state index contributed by atoms with van der Waals surface area (Å²) in [5, 5.41) is 10.5. The maximum atomic E-state index is 12.8. The number of imidazole rings is 1. The number of fused-ring (bicyclic) bond motifs is 1. The Morgan fingerprint density at radius 3 is 2.93 bits per heavy atom. The fourth-order valence-electron chi connectivity index (χ4n) is 1.14. The molecule has 0 saturated heterocycles. The highest BCUT2D eigenvalue weighted by Crippen LogP contribution is 2.23. The Morgan fingerprint density at radius 2 is 2.29 bits per heavy atom. The molecule has 2 aromatic heterocycles. The van der Waals surface area contributed by atoms with Crippen LogP contribution in [0.25, 0.3) is 5.52 Å². The number of halogens is 2. The predicted molar refractivity (Wildman–Crippen MR) is 49.5 cm³/mol. The van der Waals surface area contributed by atoms with Crippen LogP contribution in [0.1, 0.15) is 0 Å². The molecule has 72 valence electrons. The Morgan fingerprint density at radius 1 is 1.57 bits per heavy atom. The lowest BCUT2D eigenvalue weighted by atomic mass is 10.4. The zero-order valence-corrected chi connectivity index (χ0v) is 8.23. The molecular formula is C7H3BrFN3O2. The average molecular weight is 260 g/mol. The summed E-state index contributed by atoms with van der Waals surface area (Å²) in [6.45, 7) is 0. The number of hydrogen-bond acceptors (Lipinski definition) is 3. The van der Waals surface area contributed by atoms with Crippen molar-refractivity contribution in [1.29, 1.82) is 0 Å². The van der Waals surface area contributed by atoms with Crippen LogP contribution in [0.2, 0.25) is 0 Å². The molecule has 0 aromatic carbocycles. The SMILES string of the molecule is O=[N+]([O-])c1nc(Br)n2cc(F)ccc12. The Kier molecular flexibility index (Phi) is 1.95. The van der Waals surface area contributed by atoms with Crippen LogP contribution < -0.4 is 0 Å². The molecule has 2 rings (SSSR count). The molecule has 0 unspecified atom stereocenters. The van der Waals surface area contributed by atoms with E-state index in [1.807, 2.05) is 0 Å². The number of nitro groups is 1. The molecule has 2 aromatic rings. The molecule has 0 spiro atoms. The van der Waals surface area contributed by atoms with Crippen LogP contribution in [-0.2, 0) is 0 Å². The minimum Gasteiger partial charge on any atom is -0.358 e. The molecule has 0 fully saturated rings. The highest BCUT2D eigenvalue weighted by atomic mass is 79.9. The van der Waals surface area contributed by atoms with Crippen molar-refractivity contribution >= 4 is 27.3 Å². The van der Waals surface area contributed by atoms with Crippen LogP contribution in [-0.4, -0.2) is 14.3 Å². The van der Waals surface area contributed by atoms with Crippen LogP contribution in [0.4, 0.5) is 10.2 Å². The second-order valence-corrected chi connectivity index (χ2v) is 3.27.